The number of hydrogen-bond donors (Lipinski definition) is 0. The summed E-state index contributed by atoms with van der Waals surface area (Å²) in [6.45, 7) is 8.42. The number of benzene rings is 1. The van der Waals surface area contributed by atoms with Crippen molar-refractivity contribution in [1.82, 2.24) is 0 Å². The highest BCUT2D eigenvalue weighted by Crippen LogP contribution is 2.27. The summed E-state index contributed by atoms with van der Waals surface area (Å²) in [5, 5.41) is 0. The fraction of sp³-hybridized carbons (Fsp3) is 0.500. The first kappa shape index (κ1) is 12.0. The Morgan fingerprint density at radius 2 is 2.00 bits per heavy atom. The van der Waals surface area contributed by atoms with Gasteiger partial charge < -0.3 is 4.79 Å². The lowest BCUT2D eigenvalue weighted by Gasteiger charge is -2.26. The van der Waals surface area contributed by atoms with Crippen LogP contribution in [0.25, 0.3) is 0 Å². The number of rotatable bonds is 3. The molecule has 0 aromatic heterocycles. The van der Waals surface area contributed by atoms with E-state index in [0.717, 1.165) is 12.7 Å². The molecule has 82 valence electrons. The smallest absolute Gasteiger partial charge is 0.123 e. The van der Waals surface area contributed by atoms with Crippen molar-refractivity contribution in [3.8, 4) is 0 Å². The van der Waals surface area contributed by atoms with Gasteiger partial charge >= 0.3 is 0 Å². The molecule has 0 saturated heterocycles. The van der Waals surface area contributed by atoms with Gasteiger partial charge in [0, 0.05) is 5.92 Å². The second kappa shape index (κ2) is 4.61. The molecule has 1 aromatic rings. The van der Waals surface area contributed by atoms with Crippen molar-refractivity contribution >= 4 is 6.29 Å². The lowest BCUT2D eigenvalue weighted by molar-refractivity contribution is -0.113. The zero-order valence-electron chi connectivity index (χ0n) is 10.1. The Bertz CT molecular complexity index is 333. The number of aryl methyl sites for hydroxylation is 1. The van der Waals surface area contributed by atoms with E-state index in [-0.39, 0.29) is 11.3 Å². The Morgan fingerprint density at radius 1 is 1.33 bits per heavy atom. The molecule has 1 unspecified atom stereocenters. The molecular formula is C14H20O. The fourth-order valence-electron chi connectivity index (χ4n) is 1.65. The highest BCUT2D eigenvalue weighted by atomic mass is 16.1. The summed E-state index contributed by atoms with van der Waals surface area (Å²) in [7, 11) is 0. The second-order valence-corrected chi connectivity index (χ2v) is 5.30. The first-order valence-electron chi connectivity index (χ1n) is 5.44. The molecule has 0 spiro atoms. The van der Waals surface area contributed by atoms with E-state index in [4.69, 9.17) is 0 Å². The molecule has 0 N–H and O–H groups in total. The van der Waals surface area contributed by atoms with Gasteiger partial charge in [0.15, 0.2) is 0 Å². The molecule has 15 heavy (non-hydrogen) atoms. The molecule has 1 atom stereocenters. The summed E-state index contributed by atoms with van der Waals surface area (Å²) in [6.07, 6.45) is 1.93. The van der Waals surface area contributed by atoms with Gasteiger partial charge in [0.05, 0.1) is 0 Å². The van der Waals surface area contributed by atoms with Crippen LogP contribution in [0, 0.1) is 18.3 Å². The van der Waals surface area contributed by atoms with Gasteiger partial charge in [-0.2, -0.15) is 0 Å². The molecule has 0 bridgehead atoms. The van der Waals surface area contributed by atoms with Crippen LogP contribution in [0.3, 0.4) is 0 Å². The third-order valence-corrected chi connectivity index (χ3v) is 2.81. The topological polar surface area (TPSA) is 17.1 Å². The first-order valence-corrected chi connectivity index (χ1v) is 5.44. The maximum atomic E-state index is 11.0. The van der Waals surface area contributed by atoms with Crippen LogP contribution in [0.15, 0.2) is 24.3 Å². The largest absolute Gasteiger partial charge is 0.303 e. The second-order valence-electron chi connectivity index (χ2n) is 5.30. The Morgan fingerprint density at radius 3 is 2.47 bits per heavy atom. The molecule has 0 aliphatic carbocycles. The molecule has 0 aliphatic heterocycles. The predicted molar refractivity (Wildman–Crippen MR) is 63.9 cm³/mol. The number of carbonyl (C=O) groups is 1. The van der Waals surface area contributed by atoms with Crippen LogP contribution < -0.4 is 0 Å². The minimum atomic E-state index is 0.0471. The average Bonchev–Trinajstić information content (AvgIpc) is 2.12. The summed E-state index contributed by atoms with van der Waals surface area (Å²) in [5.41, 5.74) is 2.55. The Balaban J connectivity index is 2.80. The van der Waals surface area contributed by atoms with Crippen LogP contribution in [0.2, 0.25) is 0 Å². The highest BCUT2D eigenvalue weighted by Gasteiger charge is 2.23. The zero-order chi connectivity index (χ0) is 11.5. The quantitative estimate of drug-likeness (QED) is 0.690. The molecule has 0 heterocycles. The maximum absolute atomic E-state index is 11.0. The van der Waals surface area contributed by atoms with Crippen molar-refractivity contribution in [3.05, 3.63) is 35.4 Å². The van der Waals surface area contributed by atoms with E-state index < -0.39 is 0 Å². The van der Waals surface area contributed by atoms with Gasteiger partial charge in [0.25, 0.3) is 0 Å². The number of hydrogen-bond acceptors (Lipinski definition) is 1. The van der Waals surface area contributed by atoms with E-state index in [1.807, 2.05) is 0 Å². The summed E-state index contributed by atoms with van der Waals surface area (Å²) in [4.78, 5) is 11.0. The van der Waals surface area contributed by atoms with Crippen molar-refractivity contribution in [2.45, 2.75) is 34.1 Å². The Kier molecular flexibility index (Phi) is 3.67. The minimum absolute atomic E-state index is 0.0471. The van der Waals surface area contributed by atoms with Crippen LogP contribution in [0.1, 0.15) is 31.9 Å². The predicted octanol–water partition coefficient (Wildman–Crippen LogP) is 3.40. The molecule has 1 rings (SSSR count). The Labute approximate surface area is 92.5 Å². The molecule has 0 radical (unpaired) electrons. The number of aldehydes is 1. The lowest BCUT2D eigenvalue weighted by Crippen LogP contribution is -2.23. The van der Waals surface area contributed by atoms with Gasteiger partial charge in [-0.25, -0.2) is 0 Å². The van der Waals surface area contributed by atoms with Gasteiger partial charge in [0.2, 0.25) is 0 Å². The first-order chi connectivity index (χ1) is 6.93. The molecular weight excluding hydrogens is 184 g/mol. The van der Waals surface area contributed by atoms with E-state index >= 15 is 0 Å². The normalized spacial score (nSPS) is 13.6. The van der Waals surface area contributed by atoms with Gasteiger partial charge in [-0.1, -0.05) is 50.6 Å². The Hall–Kier alpha value is -1.11. The summed E-state index contributed by atoms with van der Waals surface area (Å²) in [6, 6.07) is 8.38. The van der Waals surface area contributed by atoms with Crippen LogP contribution in [0.4, 0.5) is 0 Å². The van der Waals surface area contributed by atoms with Crippen molar-refractivity contribution in [2.24, 2.45) is 11.3 Å². The van der Waals surface area contributed by atoms with Crippen molar-refractivity contribution < 1.29 is 4.79 Å². The zero-order valence-corrected chi connectivity index (χ0v) is 10.1. The SMILES string of the molecule is Cc1cccc(CC(C=O)C(C)(C)C)c1. The lowest BCUT2D eigenvalue weighted by atomic mass is 9.78. The maximum Gasteiger partial charge on any atom is 0.123 e. The average molecular weight is 204 g/mol. The highest BCUT2D eigenvalue weighted by molar-refractivity contribution is 5.55. The summed E-state index contributed by atoms with van der Waals surface area (Å²) in [5.74, 6) is 0.0966. The van der Waals surface area contributed by atoms with E-state index in [2.05, 4.69) is 52.0 Å². The molecule has 1 aromatic carbocycles. The van der Waals surface area contributed by atoms with Crippen LogP contribution in [0.5, 0.6) is 0 Å². The van der Waals surface area contributed by atoms with Gasteiger partial charge in [-0.3, -0.25) is 0 Å². The summed E-state index contributed by atoms with van der Waals surface area (Å²) < 4.78 is 0. The molecule has 0 amide bonds. The number of carbonyl (C=O) groups excluding carboxylic acids is 1. The van der Waals surface area contributed by atoms with Crippen molar-refractivity contribution in [2.75, 3.05) is 0 Å². The molecule has 1 nitrogen and oxygen atoms in total. The van der Waals surface area contributed by atoms with Crippen molar-refractivity contribution in [1.29, 1.82) is 0 Å². The van der Waals surface area contributed by atoms with Crippen LogP contribution in [-0.2, 0) is 11.2 Å². The van der Waals surface area contributed by atoms with Crippen LogP contribution in [-0.4, -0.2) is 6.29 Å². The molecule has 0 fully saturated rings. The van der Waals surface area contributed by atoms with Gasteiger partial charge in [0.1, 0.15) is 6.29 Å². The molecule has 0 saturated carbocycles. The fourth-order valence-corrected chi connectivity index (χ4v) is 1.65. The van der Waals surface area contributed by atoms with E-state index in [1.54, 1.807) is 0 Å². The van der Waals surface area contributed by atoms with E-state index in [9.17, 15) is 4.79 Å². The third kappa shape index (κ3) is 3.50. The monoisotopic (exact) mass is 204 g/mol. The summed E-state index contributed by atoms with van der Waals surface area (Å²) >= 11 is 0. The van der Waals surface area contributed by atoms with Crippen LogP contribution >= 0.6 is 0 Å². The van der Waals surface area contributed by atoms with Gasteiger partial charge in [-0.15, -0.1) is 0 Å². The standard InChI is InChI=1S/C14H20O/c1-11-6-5-7-12(8-11)9-13(10-15)14(2,3)4/h5-8,10,13H,9H2,1-4H3. The van der Waals surface area contributed by atoms with Crippen molar-refractivity contribution in [3.63, 3.8) is 0 Å². The molecule has 1 heteroatoms. The van der Waals surface area contributed by atoms with Gasteiger partial charge in [-0.05, 0) is 24.3 Å². The minimum Gasteiger partial charge on any atom is -0.303 e. The third-order valence-electron chi connectivity index (χ3n) is 2.81. The van der Waals surface area contributed by atoms with E-state index in [1.165, 1.54) is 11.1 Å². The van der Waals surface area contributed by atoms with E-state index in [0.29, 0.717) is 0 Å². The molecule has 0 aliphatic rings.